The average molecular weight is 251 g/mol. The topological polar surface area (TPSA) is 64.3 Å². The van der Waals surface area contributed by atoms with Gasteiger partial charge in [0.25, 0.3) is 0 Å². The molecule has 2 rings (SSSR count). The first-order valence-electron chi connectivity index (χ1n) is 5.26. The number of hydrogen-bond donors (Lipinski definition) is 1. The Kier molecular flexibility index (Phi) is 3.32. The number of hydrogen-bond acceptors (Lipinski definition) is 3. The second-order valence-electron chi connectivity index (χ2n) is 4.03. The molecule has 0 aliphatic carbocycles. The molecule has 5 heteroatoms. The third kappa shape index (κ3) is 2.26. The predicted molar refractivity (Wildman–Crippen MR) is 63.7 cm³/mol. The maximum Gasteiger partial charge on any atom is 0.227 e. The average Bonchev–Trinajstić information content (AvgIpc) is 2.71. The lowest BCUT2D eigenvalue weighted by molar-refractivity contribution is -0.117. The number of aliphatic hydroxyl groups is 1. The molecular formula is C12H11ClN2O2. The van der Waals surface area contributed by atoms with Gasteiger partial charge in [0.15, 0.2) is 0 Å². The van der Waals surface area contributed by atoms with Crippen molar-refractivity contribution >= 4 is 23.2 Å². The standard InChI is InChI=1S/C12H11ClN2O2/c13-11-2-1-10(4-9(11)5-14)15-6-8(7-16)3-12(15)17/h1-2,4,8,16H,3,6-7H2. The van der Waals surface area contributed by atoms with E-state index in [-0.39, 0.29) is 18.4 Å². The van der Waals surface area contributed by atoms with Crippen LogP contribution in [0.2, 0.25) is 5.02 Å². The molecule has 0 spiro atoms. The molecule has 4 nitrogen and oxygen atoms in total. The first kappa shape index (κ1) is 11.9. The minimum atomic E-state index is -0.0322. The highest BCUT2D eigenvalue weighted by Crippen LogP contribution is 2.28. The fraction of sp³-hybridized carbons (Fsp3) is 0.333. The molecule has 1 saturated heterocycles. The van der Waals surface area contributed by atoms with Gasteiger partial charge in [-0.1, -0.05) is 11.6 Å². The Bertz CT molecular complexity index is 496. The number of carbonyl (C=O) groups is 1. The van der Waals surface area contributed by atoms with Crippen LogP contribution in [0.25, 0.3) is 0 Å². The minimum Gasteiger partial charge on any atom is -0.396 e. The minimum absolute atomic E-state index is 0.000929. The predicted octanol–water partition coefficient (Wildman–Crippen LogP) is 1.56. The van der Waals surface area contributed by atoms with Gasteiger partial charge in [-0.05, 0) is 18.2 Å². The van der Waals surface area contributed by atoms with Gasteiger partial charge in [-0.3, -0.25) is 4.79 Å². The first-order chi connectivity index (χ1) is 8.15. The lowest BCUT2D eigenvalue weighted by Gasteiger charge is -2.16. The molecule has 1 unspecified atom stereocenters. The lowest BCUT2D eigenvalue weighted by atomic mass is 10.1. The fourth-order valence-corrected chi connectivity index (χ4v) is 2.08. The second-order valence-corrected chi connectivity index (χ2v) is 4.44. The van der Waals surface area contributed by atoms with Crippen molar-refractivity contribution in [3.05, 3.63) is 28.8 Å². The normalized spacial score (nSPS) is 19.5. The van der Waals surface area contributed by atoms with Crippen molar-refractivity contribution in [2.75, 3.05) is 18.1 Å². The first-order valence-corrected chi connectivity index (χ1v) is 5.64. The summed E-state index contributed by atoms with van der Waals surface area (Å²) in [6.45, 7) is 0.489. The molecule has 0 radical (unpaired) electrons. The quantitative estimate of drug-likeness (QED) is 0.866. The van der Waals surface area contributed by atoms with E-state index in [1.54, 1.807) is 23.1 Å². The third-order valence-corrected chi connectivity index (χ3v) is 3.17. The smallest absolute Gasteiger partial charge is 0.227 e. The lowest BCUT2D eigenvalue weighted by Crippen LogP contribution is -2.24. The van der Waals surface area contributed by atoms with Crippen molar-refractivity contribution in [2.24, 2.45) is 5.92 Å². The Morgan fingerprint density at radius 2 is 2.35 bits per heavy atom. The molecule has 1 atom stereocenters. The number of amides is 1. The van der Waals surface area contributed by atoms with Gasteiger partial charge in [-0.25, -0.2) is 0 Å². The maximum absolute atomic E-state index is 11.7. The van der Waals surface area contributed by atoms with Crippen LogP contribution >= 0.6 is 11.6 Å². The van der Waals surface area contributed by atoms with Crippen molar-refractivity contribution < 1.29 is 9.90 Å². The van der Waals surface area contributed by atoms with Gasteiger partial charge in [0.1, 0.15) is 6.07 Å². The molecule has 1 heterocycles. The summed E-state index contributed by atoms with van der Waals surface area (Å²) in [4.78, 5) is 13.3. The number of aliphatic hydroxyl groups excluding tert-OH is 1. The molecular weight excluding hydrogens is 240 g/mol. The van der Waals surface area contributed by atoms with Crippen LogP contribution in [0.1, 0.15) is 12.0 Å². The van der Waals surface area contributed by atoms with Crippen LogP contribution in [0.3, 0.4) is 0 Å². The summed E-state index contributed by atoms with van der Waals surface area (Å²) >= 11 is 5.83. The van der Waals surface area contributed by atoms with Crippen molar-refractivity contribution in [3.8, 4) is 6.07 Å². The molecule has 1 aromatic rings. The van der Waals surface area contributed by atoms with Gasteiger partial charge in [-0.2, -0.15) is 5.26 Å². The van der Waals surface area contributed by atoms with Crippen LogP contribution in [0, 0.1) is 17.2 Å². The molecule has 17 heavy (non-hydrogen) atoms. The molecule has 0 bridgehead atoms. The number of nitriles is 1. The summed E-state index contributed by atoms with van der Waals surface area (Å²) in [6, 6.07) is 6.89. The molecule has 1 N–H and O–H groups in total. The molecule has 88 valence electrons. The molecule has 1 aliphatic heterocycles. The molecule has 0 saturated carbocycles. The third-order valence-electron chi connectivity index (χ3n) is 2.85. The van der Waals surface area contributed by atoms with E-state index >= 15 is 0 Å². The van der Waals surface area contributed by atoms with Gasteiger partial charge in [0.2, 0.25) is 5.91 Å². The van der Waals surface area contributed by atoms with E-state index in [0.717, 1.165) is 0 Å². The summed E-state index contributed by atoms with van der Waals surface area (Å²) in [5.74, 6) is -0.0565. The van der Waals surface area contributed by atoms with E-state index in [4.69, 9.17) is 22.0 Å². The summed E-state index contributed by atoms with van der Waals surface area (Å²) in [6.07, 6.45) is 0.348. The largest absolute Gasteiger partial charge is 0.396 e. The highest BCUT2D eigenvalue weighted by atomic mass is 35.5. The van der Waals surface area contributed by atoms with E-state index < -0.39 is 0 Å². The summed E-state index contributed by atoms with van der Waals surface area (Å²) in [5, 5.41) is 18.3. The Balaban J connectivity index is 2.30. The summed E-state index contributed by atoms with van der Waals surface area (Å²) < 4.78 is 0. The Labute approximate surface area is 104 Å². The van der Waals surface area contributed by atoms with Crippen LogP contribution in [0.4, 0.5) is 5.69 Å². The van der Waals surface area contributed by atoms with Gasteiger partial charge in [-0.15, -0.1) is 0 Å². The molecule has 1 amide bonds. The Morgan fingerprint density at radius 1 is 1.59 bits per heavy atom. The summed E-state index contributed by atoms with van der Waals surface area (Å²) in [5.41, 5.74) is 1.01. The van der Waals surface area contributed by atoms with Crippen molar-refractivity contribution in [2.45, 2.75) is 6.42 Å². The van der Waals surface area contributed by atoms with Gasteiger partial charge in [0.05, 0.1) is 10.6 Å². The van der Waals surface area contributed by atoms with E-state index in [1.165, 1.54) is 0 Å². The SMILES string of the molecule is N#Cc1cc(N2CC(CO)CC2=O)ccc1Cl. The number of halogens is 1. The van der Waals surface area contributed by atoms with Crippen molar-refractivity contribution in [1.82, 2.24) is 0 Å². The van der Waals surface area contributed by atoms with Crippen molar-refractivity contribution in [1.29, 1.82) is 5.26 Å². The van der Waals surface area contributed by atoms with E-state index in [0.29, 0.717) is 29.2 Å². The van der Waals surface area contributed by atoms with E-state index in [9.17, 15) is 4.79 Å². The highest BCUT2D eigenvalue weighted by molar-refractivity contribution is 6.31. The van der Waals surface area contributed by atoms with Crippen LogP contribution in [0.5, 0.6) is 0 Å². The molecule has 1 aliphatic rings. The number of anilines is 1. The fourth-order valence-electron chi connectivity index (χ4n) is 1.92. The van der Waals surface area contributed by atoms with Gasteiger partial charge >= 0.3 is 0 Å². The Hall–Kier alpha value is -1.57. The number of benzene rings is 1. The molecule has 1 fully saturated rings. The van der Waals surface area contributed by atoms with Crippen molar-refractivity contribution in [3.63, 3.8) is 0 Å². The van der Waals surface area contributed by atoms with E-state index in [2.05, 4.69) is 0 Å². The monoisotopic (exact) mass is 250 g/mol. The number of nitrogens with zero attached hydrogens (tertiary/aromatic N) is 2. The van der Waals surface area contributed by atoms with Crippen LogP contribution < -0.4 is 4.90 Å². The number of carbonyl (C=O) groups excluding carboxylic acids is 1. The summed E-state index contributed by atoms with van der Waals surface area (Å²) in [7, 11) is 0. The number of rotatable bonds is 2. The maximum atomic E-state index is 11.7. The Morgan fingerprint density at radius 3 is 2.94 bits per heavy atom. The second kappa shape index (κ2) is 4.74. The van der Waals surface area contributed by atoms with Crippen LogP contribution in [-0.4, -0.2) is 24.2 Å². The van der Waals surface area contributed by atoms with Crippen LogP contribution in [0.15, 0.2) is 18.2 Å². The zero-order valence-electron chi connectivity index (χ0n) is 9.06. The molecule has 0 aromatic heterocycles. The molecule has 1 aromatic carbocycles. The highest BCUT2D eigenvalue weighted by Gasteiger charge is 2.30. The zero-order chi connectivity index (χ0) is 12.4. The van der Waals surface area contributed by atoms with Gasteiger partial charge < -0.3 is 10.0 Å². The van der Waals surface area contributed by atoms with Crippen LogP contribution in [-0.2, 0) is 4.79 Å². The zero-order valence-corrected chi connectivity index (χ0v) is 9.81. The van der Waals surface area contributed by atoms with E-state index in [1.807, 2.05) is 6.07 Å². The van der Waals surface area contributed by atoms with Gasteiger partial charge in [0, 0.05) is 31.2 Å².